The van der Waals surface area contributed by atoms with Gasteiger partial charge in [0.25, 0.3) is 0 Å². The van der Waals surface area contributed by atoms with Gasteiger partial charge in [-0.15, -0.1) is 11.6 Å². The van der Waals surface area contributed by atoms with Crippen molar-refractivity contribution < 1.29 is 70.7 Å². The van der Waals surface area contributed by atoms with E-state index in [1.54, 1.807) is 11.8 Å². The summed E-state index contributed by atoms with van der Waals surface area (Å²) in [5, 5.41) is 7.64. The topological polar surface area (TPSA) is 270 Å². The first-order valence-corrected chi connectivity index (χ1v) is 38.1. The Morgan fingerprint density at radius 1 is 0.554 bits per heavy atom. The lowest BCUT2D eigenvalue weighted by atomic mass is 9.78. The van der Waals surface area contributed by atoms with Crippen LogP contribution in [0.25, 0.3) is 0 Å². The average Bonchev–Trinajstić information content (AvgIpc) is 1.72. The third kappa shape index (κ3) is 21.2. The van der Waals surface area contributed by atoms with Gasteiger partial charge in [-0.25, -0.2) is 0 Å². The Balaban J connectivity index is 1.27. The zero-order valence-corrected chi connectivity index (χ0v) is 62.8. The molecule has 0 aromatic carbocycles. The second-order valence-electron chi connectivity index (χ2n) is 31.3. The van der Waals surface area contributed by atoms with Crippen LogP contribution in [0, 0.1) is 35.5 Å². The quantitative estimate of drug-likeness (QED) is 0.177. The summed E-state index contributed by atoms with van der Waals surface area (Å²) < 4.78 is 42.1. The summed E-state index contributed by atoms with van der Waals surface area (Å²) in [7, 11) is 10.1. The van der Waals surface area contributed by atoms with E-state index < -0.39 is 168 Å². The number of alkyl halides is 4. The number of nitrogens with zero attached hydrogens (tertiary/aromatic N) is 9. The molecule has 7 aliphatic rings. The Labute approximate surface area is 601 Å². The highest BCUT2D eigenvalue weighted by Crippen LogP contribution is 2.44. The maximum absolute atomic E-state index is 15.7. The third-order valence-electron chi connectivity index (χ3n) is 23.5. The fourth-order valence-corrected chi connectivity index (χ4v) is 17.2. The van der Waals surface area contributed by atoms with Gasteiger partial charge in [0.15, 0.2) is 0 Å². The van der Waals surface area contributed by atoms with Gasteiger partial charge in [0.2, 0.25) is 70.9 Å². The van der Waals surface area contributed by atoms with Gasteiger partial charge >= 0.3 is 6.18 Å². The predicted molar refractivity (Wildman–Crippen MR) is 375 cm³/mol. The van der Waals surface area contributed by atoms with E-state index in [-0.39, 0.29) is 101 Å². The molecule has 0 bridgehead atoms. The van der Waals surface area contributed by atoms with E-state index in [2.05, 4.69) is 16.0 Å². The second-order valence-corrected chi connectivity index (χ2v) is 31.9. The van der Waals surface area contributed by atoms with Crippen LogP contribution in [-0.2, 0) is 57.5 Å². The number of likely N-dealkylation sites (tertiary alicyclic amines) is 1. The number of carbonyl (C=O) groups excluding carboxylic acids is 12. The summed E-state index contributed by atoms with van der Waals surface area (Å²) in [6.45, 7) is 6.59. The van der Waals surface area contributed by atoms with E-state index >= 15 is 28.8 Å². The van der Waals surface area contributed by atoms with Gasteiger partial charge in [0, 0.05) is 74.3 Å². The molecule has 24 nitrogen and oxygen atoms in total. The molecule has 570 valence electrons. The van der Waals surface area contributed by atoms with E-state index in [1.165, 1.54) is 73.8 Å². The van der Waals surface area contributed by atoms with E-state index in [1.807, 2.05) is 20.8 Å². The Bertz CT molecular complexity index is 2920. The molecule has 12 amide bonds. The van der Waals surface area contributed by atoms with E-state index in [9.17, 15) is 41.9 Å². The van der Waals surface area contributed by atoms with Crippen molar-refractivity contribution in [3.05, 3.63) is 0 Å². The van der Waals surface area contributed by atoms with Crippen molar-refractivity contribution in [1.29, 1.82) is 0 Å². The summed E-state index contributed by atoms with van der Waals surface area (Å²) in [5.74, 6) is -10.1. The molecule has 101 heavy (non-hydrogen) atoms. The van der Waals surface area contributed by atoms with Crippen molar-refractivity contribution >= 4 is 82.5 Å². The Morgan fingerprint density at radius 3 is 1.70 bits per heavy atom. The molecule has 11 atom stereocenters. The Kier molecular flexibility index (Phi) is 30.0. The molecule has 0 aromatic heterocycles. The van der Waals surface area contributed by atoms with Crippen LogP contribution in [0.5, 0.6) is 0 Å². The molecule has 4 saturated carbocycles. The monoisotopic (exact) mass is 1450 g/mol. The number of piperidine rings is 1. The molecule has 3 heterocycles. The summed E-state index contributed by atoms with van der Waals surface area (Å²) in [4.78, 5) is 191. The van der Waals surface area contributed by atoms with Gasteiger partial charge in [0.1, 0.15) is 47.8 Å². The standard InChI is InChI=1S/C73H118ClF3N12O12/c1-12-47(4)63-70(100)83(7)44-61(92)81(5)45-62(93)85(9)56(40-48-24-15-13-16-25-48)67(97)82(6)43-59(90)78-53(32-30-50-29-31-51(52(74)39-50)73(75,76)77)66(96)89-37-23-28-54(89)65(95)80-72(33-19-20-34-72)71(101)87(11)57(41-49-26-17-18-27-49)68(98)86(10)58(69(99)88-35-21-14-22-36-88)42-60(91)84(8)55(38-46(2)3)64(94)79-63/h46-58,63H,12-45H2,1-11H3,(H,78,90)(H,79,94)(H,80,95)/t47-,50?,51?,52?,53-,54-,55-,56-,57-,58-,63-/m0/s1. The molecule has 3 aliphatic heterocycles. The first kappa shape index (κ1) is 82.0. The minimum atomic E-state index is -4.51. The number of fused-ring (bicyclic) bond motifs is 1. The zero-order chi connectivity index (χ0) is 74.4. The van der Waals surface area contributed by atoms with Crippen molar-refractivity contribution in [2.45, 2.75) is 267 Å². The van der Waals surface area contributed by atoms with Crippen LogP contribution in [-0.4, -0.2) is 263 Å². The molecule has 0 aromatic rings. The van der Waals surface area contributed by atoms with Crippen LogP contribution in [0.4, 0.5) is 13.2 Å². The smallest absolute Gasteiger partial charge is 0.343 e. The molecule has 1 spiro atoms. The number of rotatable bonds is 12. The number of carbonyl (C=O) groups is 12. The van der Waals surface area contributed by atoms with Gasteiger partial charge in [0.05, 0.1) is 32.0 Å². The van der Waals surface area contributed by atoms with Gasteiger partial charge < -0.3 is 60.0 Å². The van der Waals surface area contributed by atoms with Crippen molar-refractivity contribution in [3.8, 4) is 0 Å². The Hall–Kier alpha value is -6.28. The fraction of sp³-hybridized carbons (Fsp3) is 0.836. The number of halogens is 4. The lowest BCUT2D eigenvalue weighted by Gasteiger charge is -2.41. The zero-order valence-electron chi connectivity index (χ0n) is 62.1. The van der Waals surface area contributed by atoms with Gasteiger partial charge in [-0.3, -0.25) is 57.5 Å². The van der Waals surface area contributed by atoms with Crippen LogP contribution >= 0.6 is 11.6 Å². The first-order valence-electron chi connectivity index (χ1n) is 37.7. The van der Waals surface area contributed by atoms with Crippen molar-refractivity contribution in [1.82, 2.24) is 60.0 Å². The van der Waals surface area contributed by atoms with Gasteiger partial charge in [-0.2, -0.15) is 13.2 Å². The maximum atomic E-state index is 15.7. The van der Waals surface area contributed by atoms with E-state index in [4.69, 9.17) is 11.6 Å². The van der Waals surface area contributed by atoms with Crippen molar-refractivity contribution in [2.24, 2.45) is 35.5 Å². The molecule has 0 radical (unpaired) electrons. The van der Waals surface area contributed by atoms with Crippen molar-refractivity contribution in [2.75, 3.05) is 88.6 Å². The largest absolute Gasteiger partial charge is 0.393 e. The summed E-state index contributed by atoms with van der Waals surface area (Å²) >= 11 is 6.41. The predicted octanol–water partition coefficient (Wildman–Crippen LogP) is 6.48. The van der Waals surface area contributed by atoms with Crippen LogP contribution in [0.15, 0.2) is 0 Å². The number of hydrogen-bond acceptors (Lipinski definition) is 12. The highest BCUT2D eigenvalue weighted by molar-refractivity contribution is 6.21. The molecule has 3 saturated heterocycles. The number of nitrogens with one attached hydrogen (secondary N) is 3. The average molecular weight is 1450 g/mol. The molecule has 4 aliphatic carbocycles. The molecule has 3 N–H and O–H groups in total. The summed E-state index contributed by atoms with van der Waals surface area (Å²) in [5.41, 5.74) is -1.55. The lowest BCUT2D eigenvalue weighted by Crippen LogP contribution is -2.64. The van der Waals surface area contributed by atoms with E-state index in [0.29, 0.717) is 51.6 Å². The lowest BCUT2D eigenvalue weighted by molar-refractivity contribution is -0.182. The molecule has 7 rings (SSSR count). The normalized spacial score (nSPS) is 29.8. The van der Waals surface area contributed by atoms with Crippen LogP contribution in [0.1, 0.15) is 207 Å². The van der Waals surface area contributed by atoms with Crippen LogP contribution < -0.4 is 16.0 Å². The van der Waals surface area contributed by atoms with Crippen molar-refractivity contribution in [3.63, 3.8) is 0 Å². The molecule has 3 unspecified atom stereocenters. The summed E-state index contributed by atoms with van der Waals surface area (Å²) in [6.07, 6.45) is 8.02. The maximum Gasteiger partial charge on any atom is 0.393 e. The minimum Gasteiger partial charge on any atom is -0.343 e. The number of likely N-dealkylation sites (N-methyl/N-ethyl adjacent to an activating group) is 7. The molecule has 7 fully saturated rings. The van der Waals surface area contributed by atoms with E-state index in [0.717, 1.165) is 78.9 Å². The highest BCUT2D eigenvalue weighted by atomic mass is 35.5. The number of amides is 12. The SMILES string of the molecule is CC[C@H](C)[C@@H]1NC(=O)[C@H](CC(C)C)N(C)C(=O)C[C@@H](C(=O)N2CCCCC2)N(C)C(=O)[C@H](CC2CCCC2)N(C)C(=O)C2(CCCC2)NC(=O)[C@@H]2CCCN2C(=O)[C@H](CCC2CCC(C(F)(F)F)C(Cl)C2)NC(=O)CN(C)C(=O)[C@H](CC2CCCCC2)N(C)C(=O)CN(C)C(=O)CN(C)C1=O. The minimum absolute atomic E-state index is 0.00302. The van der Waals surface area contributed by atoms with Gasteiger partial charge in [-0.1, -0.05) is 105 Å². The summed E-state index contributed by atoms with van der Waals surface area (Å²) in [6, 6.07) is -8.52. The fourth-order valence-electron chi connectivity index (χ4n) is 16.7. The molecular weight excluding hydrogens is 1330 g/mol. The Morgan fingerprint density at radius 2 is 1.12 bits per heavy atom. The number of hydrogen-bond donors (Lipinski definition) is 3. The molecular formula is C73H118ClF3N12O12. The third-order valence-corrected chi connectivity index (χ3v) is 24.0. The van der Waals surface area contributed by atoms with Crippen LogP contribution in [0.3, 0.4) is 0 Å². The molecule has 28 heteroatoms. The highest BCUT2D eigenvalue weighted by Gasteiger charge is 2.52. The first-order chi connectivity index (χ1) is 47.7. The van der Waals surface area contributed by atoms with Gasteiger partial charge in [-0.05, 0) is 126 Å². The second kappa shape index (κ2) is 36.9. The van der Waals surface area contributed by atoms with Crippen LogP contribution in [0.2, 0.25) is 0 Å².